The van der Waals surface area contributed by atoms with Gasteiger partial charge in [-0.15, -0.1) is 11.3 Å². The van der Waals surface area contributed by atoms with E-state index in [-0.39, 0.29) is 33.8 Å². The van der Waals surface area contributed by atoms with Crippen LogP contribution in [-0.4, -0.2) is 6.71 Å². The SMILES string of the molecule is CC(C)(C)c1ccc(N2c3cc4c(cc3B3c5sc6cc7c(cc6c5N(c5cccc6oc8ccccc8c56)c5cc(I)cc2c53)C(C)(C)CCC7(C)C)C(C)(C)CCC4(C)C)cc1. The molecule has 4 heterocycles. The van der Waals surface area contributed by atoms with Gasteiger partial charge in [0.25, 0.3) is 6.71 Å². The molecule has 0 radical (unpaired) electrons. The van der Waals surface area contributed by atoms with Crippen molar-refractivity contribution in [2.45, 2.75) is 129 Å². The molecule has 0 amide bonds. The summed E-state index contributed by atoms with van der Waals surface area (Å²) in [5, 5.41) is 3.68. The number of thiophene rings is 1. The van der Waals surface area contributed by atoms with E-state index in [4.69, 9.17) is 4.42 Å². The van der Waals surface area contributed by atoms with Crippen molar-refractivity contribution in [1.82, 2.24) is 0 Å². The molecule has 0 fully saturated rings. The Morgan fingerprint density at radius 1 is 0.578 bits per heavy atom. The van der Waals surface area contributed by atoms with E-state index in [1.54, 1.807) is 0 Å². The maximum absolute atomic E-state index is 6.66. The number of hydrogen-bond acceptors (Lipinski definition) is 4. The van der Waals surface area contributed by atoms with Crippen LogP contribution in [0.1, 0.15) is 130 Å². The van der Waals surface area contributed by atoms with Crippen molar-refractivity contribution in [1.29, 1.82) is 0 Å². The highest BCUT2D eigenvalue weighted by Crippen LogP contribution is 2.55. The molecule has 12 rings (SSSR count). The first-order chi connectivity index (χ1) is 30.2. The van der Waals surface area contributed by atoms with Gasteiger partial charge in [0.2, 0.25) is 0 Å². The molecule has 322 valence electrons. The number of hydrogen-bond donors (Lipinski definition) is 0. The summed E-state index contributed by atoms with van der Waals surface area (Å²) >= 11 is 4.64. The highest BCUT2D eigenvalue weighted by atomic mass is 127. The molecule has 2 aliphatic carbocycles. The largest absolute Gasteiger partial charge is 0.456 e. The predicted octanol–water partition coefficient (Wildman–Crippen LogP) is 15.5. The fraction of sp³-hybridized carbons (Fsp3) is 0.345. The maximum Gasteiger partial charge on any atom is 0.264 e. The second-order valence-electron chi connectivity index (χ2n) is 23.2. The monoisotopic (exact) mass is 968 g/mol. The van der Waals surface area contributed by atoms with Crippen LogP contribution in [0.2, 0.25) is 0 Å². The minimum atomic E-state index is 0.0511. The van der Waals surface area contributed by atoms with Gasteiger partial charge in [-0.3, -0.25) is 0 Å². The molecule has 0 N–H and O–H groups in total. The minimum Gasteiger partial charge on any atom is -0.456 e. The fourth-order valence-corrected chi connectivity index (χ4v) is 14.1. The van der Waals surface area contributed by atoms with Gasteiger partial charge in [0.1, 0.15) is 11.2 Å². The van der Waals surface area contributed by atoms with Gasteiger partial charge < -0.3 is 14.2 Å². The van der Waals surface area contributed by atoms with Crippen LogP contribution < -0.4 is 25.5 Å². The number of nitrogens with zero attached hydrogens (tertiary/aromatic N) is 2. The average Bonchev–Trinajstić information content (AvgIpc) is 3.82. The van der Waals surface area contributed by atoms with E-state index in [1.165, 1.54) is 117 Å². The summed E-state index contributed by atoms with van der Waals surface area (Å²) in [4.78, 5) is 5.30. The van der Waals surface area contributed by atoms with Gasteiger partial charge in [0.15, 0.2) is 0 Å². The zero-order chi connectivity index (χ0) is 44.6. The lowest BCUT2D eigenvalue weighted by molar-refractivity contribution is 0.332. The molecular formula is C58H58BIN2OS. The Balaban J connectivity index is 1.24. The first kappa shape index (κ1) is 40.9. The Labute approximate surface area is 397 Å². The normalized spacial score (nSPS) is 18.8. The van der Waals surface area contributed by atoms with Crippen molar-refractivity contribution < 1.29 is 4.42 Å². The van der Waals surface area contributed by atoms with E-state index in [0.29, 0.717) is 0 Å². The molecule has 64 heavy (non-hydrogen) atoms. The second-order valence-corrected chi connectivity index (χ2v) is 25.5. The summed E-state index contributed by atoms with van der Waals surface area (Å²) in [6.45, 7) is 26.8. The fourth-order valence-electron chi connectivity index (χ4n) is 12.1. The molecule has 4 aliphatic rings. The molecule has 6 aromatic carbocycles. The number of halogens is 1. The number of rotatable bonds is 2. The minimum absolute atomic E-state index is 0.0511. The summed E-state index contributed by atoms with van der Waals surface area (Å²) in [7, 11) is 0. The lowest BCUT2D eigenvalue weighted by Gasteiger charge is -2.47. The van der Waals surface area contributed by atoms with Gasteiger partial charge in [-0.05, 0) is 175 Å². The standard InChI is InChI=1S/C58H58BIN2OS/c1-54(2,3)33-19-21-35(22-20-33)61-44-31-40-39(56(6,7)24-25-57(40,8)9)30-42(44)59-51-45(61)27-34(60)28-46(51)62(43-16-14-18-48-50(43)36-15-12-13-17-47(36)63-48)52-37-29-38-41(32-49(37)64-53(52)59)58(10,11)26-23-55(38,4)5/h12-22,27-32H,23-26H2,1-11H3. The van der Waals surface area contributed by atoms with Crippen LogP contribution in [-0.2, 0) is 27.1 Å². The Kier molecular flexibility index (Phi) is 8.51. The molecule has 2 aliphatic heterocycles. The quantitative estimate of drug-likeness (QED) is 0.127. The molecule has 0 saturated carbocycles. The van der Waals surface area contributed by atoms with E-state index in [0.717, 1.165) is 21.9 Å². The summed E-state index contributed by atoms with van der Waals surface area (Å²) in [5.74, 6) is 0. The summed E-state index contributed by atoms with van der Waals surface area (Å²) in [6.07, 6.45) is 4.72. The van der Waals surface area contributed by atoms with Gasteiger partial charge >= 0.3 is 0 Å². The number of furan rings is 1. The molecule has 6 heteroatoms. The van der Waals surface area contributed by atoms with Gasteiger partial charge in [-0.25, -0.2) is 0 Å². The molecule has 8 aromatic rings. The van der Waals surface area contributed by atoms with Gasteiger partial charge in [-0.1, -0.05) is 119 Å². The smallest absolute Gasteiger partial charge is 0.264 e. The van der Waals surface area contributed by atoms with Crippen molar-refractivity contribution in [3.63, 3.8) is 0 Å². The van der Waals surface area contributed by atoms with Crippen LogP contribution in [0.25, 0.3) is 32.0 Å². The van der Waals surface area contributed by atoms with Crippen LogP contribution >= 0.6 is 33.9 Å². The lowest BCUT2D eigenvalue weighted by atomic mass is 9.35. The highest BCUT2D eigenvalue weighted by molar-refractivity contribution is 14.1. The van der Waals surface area contributed by atoms with Crippen LogP contribution in [0.4, 0.5) is 34.1 Å². The Morgan fingerprint density at radius 3 is 1.81 bits per heavy atom. The van der Waals surface area contributed by atoms with E-state index >= 15 is 0 Å². The van der Waals surface area contributed by atoms with E-state index in [9.17, 15) is 0 Å². The third kappa shape index (κ3) is 5.75. The van der Waals surface area contributed by atoms with E-state index in [1.807, 2.05) is 11.3 Å². The van der Waals surface area contributed by atoms with Gasteiger partial charge in [0.05, 0.1) is 16.8 Å². The third-order valence-electron chi connectivity index (χ3n) is 16.2. The van der Waals surface area contributed by atoms with E-state index < -0.39 is 0 Å². The van der Waals surface area contributed by atoms with Crippen molar-refractivity contribution in [2.75, 3.05) is 9.80 Å². The Morgan fingerprint density at radius 2 is 1.16 bits per heavy atom. The molecule has 0 spiro atoms. The van der Waals surface area contributed by atoms with E-state index in [2.05, 4.69) is 212 Å². The Bertz CT molecular complexity index is 3300. The zero-order valence-corrected chi connectivity index (χ0v) is 42.3. The van der Waals surface area contributed by atoms with Crippen molar-refractivity contribution >= 4 is 122 Å². The van der Waals surface area contributed by atoms with Crippen LogP contribution in [0.3, 0.4) is 0 Å². The number of benzene rings is 6. The van der Waals surface area contributed by atoms with Crippen molar-refractivity contribution in [2.24, 2.45) is 0 Å². The second kappa shape index (κ2) is 13.3. The number of fused-ring (bicyclic) bond motifs is 11. The lowest BCUT2D eigenvalue weighted by Crippen LogP contribution is -2.61. The van der Waals surface area contributed by atoms with Crippen LogP contribution in [0.5, 0.6) is 0 Å². The van der Waals surface area contributed by atoms with Crippen LogP contribution in [0, 0.1) is 3.57 Å². The van der Waals surface area contributed by atoms with Crippen molar-refractivity contribution in [3.05, 3.63) is 135 Å². The molecule has 3 nitrogen and oxygen atoms in total. The molecule has 0 unspecified atom stereocenters. The molecule has 0 bridgehead atoms. The summed E-state index contributed by atoms with van der Waals surface area (Å²) in [6, 6.07) is 40.3. The number of anilines is 6. The predicted molar refractivity (Wildman–Crippen MR) is 285 cm³/mol. The third-order valence-corrected chi connectivity index (χ3v) is 18.0. The summed E-state index contributed by atoms with van der Waals surface area (Å²) < 4.78 is 10.7. The maximum atomic E-state index is 6.66. The summed E-state index contributed by atoms with van der Waals surface area (Å²) in [5.41, 5.74) is 19.9. The first-order valence-electron chi connectivity index (χ1n) is 23.5. The topological polar surface area (TPSA) is 19.6 Å². The van der Waals surface area contributed by atoms with Crippen LogP contribution in [0.15, 0.2) is 108 Å². The van der Waals surface area contributed by atoms with Crippen molar-refractivity contribution in [3.8, 4) is 0 Å². The molecular weight excluding hydrogens is 910 g/mol. The first-order valence-corrected chi connectivity index (χ1v) is 25.4. The molecule has 2 aromatic heterocycles. The van der Waals surface area contributed by atoms with Gasteiger partial charge in [0, 0.05) is 46.6 Å². The van der Waals surface area contributed by atoms with Gasteiger partial charge in [-0.2, -0.15) is 0 Å². The highest BCUT2D eigenvalue weighted by Gasteiger charge is 2.49. The number of para-hydroxylation sites is 1. The molecule has 0 atom stereocenters. The molecule has 0 saturated heterocycles. The average molecular weight is 969 g/mol. The zero-order valence-electron chi connectivity index (χ0n) is 39.3. The Hall–Kier alpha value is -4.53.